The predicted molar refractivity (Wildman–Crippen MR) is 68.5 cm³/mol. The van der Waals surface area contributed by atoms with Crippen LogP contribution in [-0.2, 0) is 19.3 Å². The van der Waals surface area contributed by atoms with E-state index in [1.54, 1.807) is 0 Å². The number of rotatable bonds is 4. The summed E-state index contributed by atoms with van der Waals surface area (Å²) in [6.07, 6.45) is 3.28. The molecule has 0 unspecified atom stereocenters. The minimum absolute atomic E-state index is 1.04. The van der Waals surface area contributed by atoms with Gasteiger partial charge in [0.1, 0.15) is 0 Å². The Kier molecular flexibility index (Phi) is 4.14. The first kappa shape index (κ1) is 12.0. The molecule has 0 fully saturated rings. The first-order valence-electron chi connectivity index (χ1n) is 5.84. The van der Waals surface area contributed by atoms with Gasteiger partial charge in [0, 0.05) is 0 Å². The predicted octanol–water partition coefficient (Wildman–Crippen LogP) is 4.24. The largest absolute Gasteiger partial charge is 0.0998 e. The van der Waals surface area contributed by atoms with E-state index in [9.17, 15) is 0 Å². The van der Waals surface area contributed by atoms with E-state index in [1.807, 2.05) is 0 Å². The van der Waals surface area contributed by atoms with Gasteiger partial charge in [-0.15, -0.1) is 0 Å². The third-order valence-corrected chi connectivity index (χ3v) is 2.98. The maximum atomic E-state index is 4.03. The van der Waals surface area contributed by atoms with Crippen LogP contribution < -0.4 is 0 Å². The minimum Gasteiger partial charge on any atom is -0.0998 e. The van der Waals surface area contributed by atoms with Crippen LogP contribution in [-0.4, -0.2) is 0 Å². The lowest BCUT2D eigenvalue weighted by atomic mass is 9.90. The third kappa shape index (κ3) is 2.71. The zero-order chi connectivity index (χ0) is 11.4. The summed E-state index contributed by atoms with van der Waals surface area (Å²) in [6, 6.07) is 4.52. The molecule has 0 aliphatic rings. The van der Waals surface area contributed by atoms with Crippen molar-refractivity contribution in [3.8, 4) is 0 Å². The molecule has 0 nitrogen and oxygen atoms in total. The van der Waals surface area contributed by atoms with E-state index >= 15 is 0 Å². The number of aryl methyl sites for hydroxylation is 2. The summed E-state index contributed by atoms with van der Waals surface area (Å²) < 4.78 is 0. The molecule has 15 heavy (non-hydrogen) atoms. The van der Waals surface area contributed by atoms with E-state index in [0.29, 0.717) is 0 Å². The zero-order valence-electron chi connectivity index (χ0n) is 10.5. The van der Waals surface area contributed by atoms with Gasteiger partial charge < -0.3 is 0 Å². The summed E-state index contributed by atoms with van der Waals surface area (Å²) in [5, 5.41) is 0. The molecule has 0 saturated carbocycles. The van der Waals surface area contributed by atoms with Crippen LogP contribution >= 0.6 is 0 Å². The molecule has 0 spiro atoms. The minimum atomic E-state index is 1.04. The van der Waals surface area contributed by atoms with Crippen molar-refractivity contribution in [2.45, 2.75) is 47.0 Å². The summed E-state index contributed by atoms with van der Waals surface area (Å²) in [6.45, 7) is 12.8. The fourth-order valence-electron chi connectivity index (χ4n) is 2.20. The van der Waals surface area contributed by atoms with E-state index < -0.39 is 0 Å². The molecular formula is C15H22. The Morgan fingerprint density at radius 1 is 1.13 bits per heavy atom. The van der Waals surface area contributed by atoms with Gasteiger partial charge in [0.05, 0.1) is 0 Å². The monoisotopic (exact) mass is 202 g/mol. The van der Waals surface area contributed by atoms with Crippen LogP contribution in [0.2, 0.25) is 0 Å². The lowest BCUT2D eigenvalue weighted by Crippen LogP contribution is -2.02. The topological polar surface area (TPSA) is 0 Å². The Bertz CT molecular complexity index is 359. The van der Waals surface area contributed by atoms with Crippen molar-refractivity contribution >= 4 is 0 Å². The van der Waals surface area contributed by atoms with E-state index in [0.717, 1.165) is 19.3 Å². The maximum absolute atomic E-state index is 4.03. The molecule has 0 aliphatic carbocycles. The van der Waals surface area contributed by atoms with Gasteiger partial charge in [-0.25, -0.2) is 0 Å². The quantitative estimate of drug-likeness (QED) is 0.641. The number of hydrogen-bond acceptors (Lipinski definition) is 0. The first-order valence-corrected chi connectivity index (χ1v) is 5.84. The van der Waals surface area contributed by atoms with Crippen molar-refractivity contribution < 1.29 is 0 Å². The molecule has 0 amide bonds. The van der Waals surface area contributed by atoms with Crippen LogP contribution in [0.5, 0.6) is 0 Å². The highest BCUT2D eigenvalue weighted by Crippen LogP contribution is 2.22. The highest BCUT2D eigenvalue weighted by molar-refractivity contribution is 5.42. The fraction of sp³-hybridized carbons (Fsp3) is 0.467. The number of allylic oxidation sites excluding steroid dienone is 1. The zero-order valence-corrected chi connectivity index (χ0v) is 10.5. The molecule has 1 rings (SSSR count). The molecular weight excluding hydrogens is 180 g/mol. The third-order valence-electron chi connectivity index (χ3n) is 2.98. The van der Waals surface area contributed by atoms with Gasteiger partial charge in [0.15, 0.2) is 0 Å². The molecule has 0 N–H and O–H groups in total. The van der Waals surface area contributed by atoms with E-state index in [1.165, 1.54) is 27.8 Å². The average molecular weight is 202 g/mol. The van der Waals surface area contributed by atoms with Gasteiger partial charge >= 0.3 is 0 Å². The van der Waals surface area contributed by atoms with Crippen LogP contribution in [0.1, 0.15) is 43.0 Å². The molecule has 0 aromatic heterocycles. The highest BCUT2D eigenvalue weighted by Gasteiger charge is 2.08. The second kappa shape index (κ2) is 5.16. The molecule has 0 heteroatoms. The Labute approximate surface area is 94.0 Å². The Morgan fingerprint density at radius 3 is 2.27 bits per heavy atom. The van der Waals surface area contributed by atoms with E-state index in [4.69, 9.17) is 0 Å². The van der Waals surface area contributed by atoms with Crippen molar-refractivity contribution in [3.05, 3.63) is 46.5 Å². The van der Waals surface area contributed by atoms with Crippen LogP contribution in [0.3, 0.4) is 0 Å². The van der Waals surface area contributed by atoms with Crippen molar-refractivity contribution in [1.82, 2.24) is 0 Å². The van der Waals surface area contributed by atoms with Crippen molar-refractivity contribution in [1.29, 1.82) is 0 Å². The summed E-state index contributed by atoms with van der Waals surface area (Å²) in [4.78, 5) is 0. The Balaban J connectivity index is 3.26. The molecule has 82 valence electrons. The lowest BCUT2D eigenvalue weighted by Gasteiger charge is -2.15. The van der Waals surface area contributed by atoms with E-state index in [-0.39, 0.29) is 0 Å². The van der Waals surface area contributed by atoms with Crippen LogP contribution in [0.15, 0.2) is 24.3 Å². The van der Waals surface area contributed by atoms with Crippen LogP contribution in [0, 0.1) is 6.92 Å². The van der Waals surface area contributed by atoms with Crippen LogP contribution in [0.4, 0.5) is 0 Å². The molecule has 1 aromatic carbocycles. The maximum Gasteiger partial charge on any atom is -0.00670 e. The molecule has 0 saturated heterocycles. The second-order valence-corrected chi connectivity index (χ2v) is 4.34. The van der Waals surface area contributed by atoms with Gasteiger partial charge in [-0.05, 0) is 55.4 Å². The summed E-state index contributed by atoms with van der Waals surface area (Å²) in [5.41, 5.74) is 7.21. The summed E-state index contributed by atoms with van der Waals surface area (Å²) >= 11 is 0. The summed E-state index contributed by atoms with van der Waals surface area (Å²) in [7, 11) is 0. The number of benzene rings is 1. The summed E-state index contributed by atoms with van der Waals surface area (Å²) in [5.74, 6) is 0. The molecule has 1 aromatic rings. The average Bonchev–Trinajstić information content (AvgIpc) is 2.18. The fourth-order valence-corrected chi connectivity index (χ4v) is 2.20. The Hall–Kier alpha value is -1.04. The highest BCUT2D eigenvalue weighted by atomic mass is 14.1. The smallest absolute Gasteiger partial charge is 0.00670 e. The lowest BCUT2D eigenvalue weighted by molar-refractivity contribution is 0.978. The van der Waals surface area contributed by atoms with Crippen molar-refractivity contribution in [3.63, 3.8) is 0 Å². The standard InChI is InChI=1S/C15H22/c1-6-13-9-8-12(5)14(7-2)15(13)10-11(3)4/h8-9H,3,6-7,10H2,1-2,4-5H3. The van der Waals surface area contributed by atoms with Gasteiger partial charge in [-0.1, -0.05) is 38.1 Å². The second-order valence-electron chi connectivity index (χ2n) is 4.34. The van der Waals surface area contributed by atoms with Gasteiger partial charge in [0.25, 0.3) is 0 Å². The molecule has 0 bridgehead atoms. The van der Waals surface area contributed by atoms with Gasteiger partial charge in [0.2, 0.25) is 0 Å². The van der Waals surface area contributed by atoms with E-state index in [2.05, 4.69) is 46.4 Å². The molecule has 0 aliphatic heterocycles. The molecule has 0 heterocycles. The van der Waals surface area contributed by atoms with Gasteiger partial charge in [-0.2, -0.15) is 0 Å². The first-order chi connectivity index (χ1) is 7.10. The van der Waals surface area contributed by atoms with Crippen molar-refractivity contribution in [2.24, 2.45) is 0 Å². The van der Waals surface area contributed by atoms with Crippen molar-refractivity contribution in [2.75, 3.05) is 0 Å². The SMILES string of the molecule is C=C(C)Cc1c(CC)ccc(C)c1CC. The molecule has 0 atom stereocenters. The normalized spacial score (nSPS) is 10.4. The van der Waals surface area contributed by atoms with Gasteiger partial charge in [-0.3, -0.25) is 0 Å². The van der Waals surface area contributed by atoms with Crippen LogP contribution in [0.25, 0.3) is 0 Å². The Morgan fingerprint density at radius 2 is 1.80 bits per heavy atom. The molecule has 0 radical (unpaired) electrons. The number of hydrogen-bond donors (Lipinski definition) is 0.